The Kier molecular flexibility index (Phi) is 2.59. The third kappa shape index (κ3) is 2.10. The minimum Gasteiger partial charge on any atom is -0.458 e. The third-order valence-electron chi connectivity index (χ3n) is 3.67. The largest absolute Gasteiger partial charge is 0.458 e. The van der Waals surface area contributed by atoms with E-state index < -0.39 is 0 Å². The Morgan fingerprint density at radius 2 is 1.79 bits per heavy atom. The van der Waals surface area contributed by atoms with E-state index in [1.54, 1.807) is 0 Å². The van der Waals surface area contributed by atoms with E-state index in [0.29, 0.717) is 0 Å². The standard InChI is InChI=1S/C16H18BNO/c1-16(2,3)10-8-12(18)15-14(9-10)19-13-7-5-4-6-11(13)17-15/h4-9,17H,18H2,1-3H3. The lowest BCUT2D eigenvalue weighted by Crippen LogP contribution is -2.36. The molecule has 2 N–H and O–H groups in total. The van der Waals surface area contributed by atoms with Gasteiger partial charge in [0.05, 0.1) is 0 Å². The molecule has 1 heterocycles. The number of para-hydroxylation sites is 1. The van der Waals surface area contributed by atoms with Crippen LogP contribution in [0, 0.1) is 0 Å². The van der Waals surface area contributed by atoms with Crippen LogP contribution in [0.15, 0.2) is 36.4 Å². The van der Waals surface area contributed by atoms with Crippen LogP contribution < -0.4 is 21.4 Å². The minimum absolute atomic E-state index is 0.0729. The van der Waals surface area contributed by atoms with E-state index in [0.717, 1.165) is 29.9 Å². The average Bonchev–Trinajstić information content (AvgIpc) is 2.35. The molecule has 0 radical (unpaired) electrons. The molecule has 0 saturated heterocycles. The molecule has 0 aromatic heterocycles. The summed E-state index contributed by atoms with van der Waals surface area (Å²) in [6, 6.07) is 12.3. The molecular formula is C16H18BNO. The number of nitrogens with two attached hydrogens (primary N) is 1. The highest BCUT2D eigenvalue weighted by Crippen LogP contribution is 2.30. The second-order valence-electron chi connectivity index (χ2n) is 6.18. The first-order valence-electron chi connectivity index (χ1n) is 6.64. The highest BCUT2D eigenvalue weighted by molar-refractivity contribution is 6.71. The van der Waals surface area contributed by atoms with Gasteiger partial charge in [0.2, 0.25) is 7.28 Å². The zero-order valence-electron chi connectivity index (χ0n) is 11.7. The molecule has 0 unspecified atom stereocenters. The van der Waals surface area contributed by atoms with Gasteiger partial charge >= 0.3 is 0 Å². The summed E-state index contributed by atoms with van der Waals surface area (Å²) in [4.78, 5) is 0. The van der Waals surface area contributed by atoms with Crippen LogP contribution in [0.5, 0.6) is 11.5 Å². The van der Waals surface area contributed by atoms with Gasteiger partial charge in [0, 0.05) is 5.69 Å². The fraction of sp³-hybridized carbons (Fsp3) is 0.250. The SMILES string of the molecule is CC(C)(C)c1cc(N)c2c(c1)Oc1ccccc1B2. The van der Waals surface area contributed by atoms with E-state index in [1.807, 2.05) is 18.2 Å². The topological polar surface area (TPSA) is 35.2 Å². The molecule has 0 spiro atoms. The quantitative estimate of drug-likeness (QED) is 0.490. The Hall–Kier alpha value is -1.90. The second kappa shape index (κ2) is 4.05. The summed E-state index contributed by atoms with van der Waals surface area (Å²) < 4.78 is 6.01. The summed E-state index contributed by atoms with van der Waals surface area (Å²) in [6.45, 7) is 6.56. The van der Waals surface area contributed by atoms with Crippen LogP contribution in [0.25, 0.3) is 0 Å². The molecule has 2 nitrogen and oxygen atoms in total. The molecule has 0 saturated carbocycles. The van der Waals surface area contributed by atoms with Gasteiger partial charge in [-0.15, -0.1) is 0 Å². The highest BCUT2D eigenvalue weighted by Gasteiger charge is 2.23. The van der Waals surface area contributed by atoms with Crippen molar-refractivity contribution in [3.63, 3.8) is 0 Å². The molecule has 19 heavy (non-hydrogen) atoms. The molecule has 2 aromatic carbocycles. The van der Waals surface area contributed by atoms with Gasteiger partial charge in [-0.25, -0.2) is 0 Å². The van der Waals surface area contributed by atoms with Crippen molar-refractivity contribution in [1.29, 1.82) is 0 Å². The van der Waals surface area contributed by atoms with Gasteiger partial charge in [-0.2, -0.15) is 0 Å². The van der Waals surface area contributed by atoms with Crippen LogP contribution in [-0.4, -0.2) is 7.28 Å². The maximum atomic E-state index is 6.22. The number of hydrogen-bond acceptors (Lipinski definition) is 2. The molecule has 0 aliphatic carbocycles. The summed E-state index contributed by atoms with van der Waals surface area (Å²) in [6.07, 6.45) is 0. The minimum atomic E-state index is 0.0729. The van der Waals surface area contributed by atoms with Crippen LogP contribution in [-0.2, 0) is 5.41 Å². The van der Waals surface area contributed by atoms with E-state index in [-0.39, 0.29) is 5.41 Å². The number of rotatable bonds is 0. The van der Waals surface area contributed by atoms with E-state index in [4.69, 9.17) is 10.5 Å². The van der Waals surface area contributed by atoms with Gasteiger partial charge in [-0.05, 0) is 40.1 Å². The number of hydrogen-bond donors (Lipinski definition) is 1. The summed E-state index contributed by atoms with van der Waals surface area (Å²) in [5, 5.41) is 0. The predicted octanol–water partition coefficient (Wildman–Crippen LogP) is 2.06. The molecule has 0 amide bonds. The lowest BCUT2D eigenvalue weighted by molar-refractivity contribution is 0.484. The molecule has 0 atom stereocenters. The number of fused-ring (bicyclic) bond motifs is 2. The first kappa shape index (κ1) is 12.2. The van der Waals surface area contributed by atoms with E-state index in [9.17, 15) is 0 Å². The monoisotopic (exact) mass is 251 g/mol. The molecular weight excluding hydrogens is 233 g/mol. The van der Waals surface area contributed by atoms with Gasteiger partial charge < -0.3 is 10.5 Å². The van der Waals surface area contributed by atoms with Crippen LogP contribution in [0.4, 0.5) is 5.69 Å². The Morgan fingerprint density at radius 1 is 1.05 bits per heavy atom. The van der Waals surface area contributed by atoms with E-state index in [2.05, 4.69) is 39.0 Å². The van der Waals surface area contributed by atoms with E-state index in [1.165, 1.54) is 11.0 Å². The average molecular weight is 251 g/mol. The Morgan fingerprint density at radius 3 is 2.53 bits per heavy atom. The fourth-order valence-corrected chi connectivity index (χ4v) is 2.44. The Labute approximate surface area is 114 Å². The van der Waals surface area contributed by atoms with Gasteiger partial charge in [0.25, 0.3) is 0 Å². The fourth-order valence-electron chi connectivity index (χ4n) is 2.44. The van der Waals surface area contributed by atoms with Crippen molar-refractivity contribution in [3.05, 3.63) is 42.0 Å². The molecule has 1 aliphatic heterocycles. The Balaban J connectivity index is 2.11. The molecule has 3 heteroatoms. The smallest absolute Gasteiger partial charge is 0.204 e. The zero-order chi connectivity index (χ0) is 13.6. The van der Waals surface area contributed by atoms with E-state index >= 15 is 0 Å². The van der Waals surface area contributed by atoms with Gasteiger partial charge in [-0.3, -0.25) is 0 Å². The van der Waals surface area contributed by atoms with Crippen molar-refractivity contribution in [3.8, 4) is 11.5 Å². The van der Waals surface area contributed by atoms with Crippen molar-refractivity contribution in [1.82, 2.24) is 0 Å². The van der Waals surface area contributed by atoms with Crippen LogP contribution >= 0.6 is 0 Å². The summed E-state index contributed by atoms with van der Waals surface area (Å²) in [7, 11) is 0.849. The first-order valence-corrected chi connectivity index (χ1v) is 6.64. The van der Waals surface area contributed by atoms with Gasteiger partial charge in [0.1, 0.15) is 11.5 Å². The summed E-state index contributed by atoms with van der Waals surface area (Å²) in [5.41, 5.74) is 10.6. The second-order valence-corrected chi connectivity index (χ2v) is 6.18. The number of nitrogen functional groups attached to an aromatic ring is 1. The van der Waals surface area contributed by atoms with Crippen molar-refractivity contribution < 1.29 is 4.74 Å². The van der Waals surface area contributed by atoms with Crippen molar-refractivity contribution in [2.75, 3.05) is 5.73 Å². The zero-order valence-corrected chi connectivity index (χ0v) is 11.7. The van der Waals surface area contributed by atoms with Crippen molar-refractivity contribution in [2.24, 2.45) is 0 Å². The number of ether oxygens (including phenoxy) is 1. The van der Waals surface area contributed by atoms with Crippen molar-refractivity contribution >= 4 is 23.9 Å². The molecule has 3 rings (SSSR count). The van der Waals surface area contributed by atoms with Gasteiger partial charge in [0.15, 0.2) is 0 Å². The maximum Gasteiger partial charge on any atom is 0.204 e. The first-order chi connectivity index (χ1) is 8.95. The molecule has 2 aromatic rings. The molecule has 1 aliphatic rings. The number of anilines is 1. The van der Waals surface area contributed by atoms with Crippen LogP contribution in [0.3, 0.4) is 0 Å². The van der Waals surface area contributed by atoms with Crippen LogP contribution in [0.1, 0.15) is 26.3 Å². The van der Waals surface area contributed by atoms with Crippen molar-refractivity contribution in [2.45, 2.75) is 26.2 Å². The van der Waals surface area contributed by atoms with Crippen LogP contribution in [0.2, 0.25) is 0 Å². The molecule has 0 bridgehead atoms. The predicted molar refractivity (Wildman–Crippen MR) is 82.5 cm³/mol. The molecule has 96 valence electrons. The highest BCUT2D eigenvalue weighted by atomic mass is 16.5. The summed E-state index contributed by atoms with van der Waals surface area (Å²) in [5.74, 6) is 1.85. The summed E-state index contributed by atoms with van der Waals surface area (Å²) >= 11 is 0. The number of benzene rings is 2. The lowest BCUT2D eigenvalue weighted by Gasteiger charge is -2.26. The lowest BCUT2D eigenvalue weighted by atomic mass is 9.61. The maximum absolute atomic E-state index is 6.22. The molecule has 0 fully saturated rings. The van der Waals surface area contributed by atoms with Gasteiger partial charge in [-0.1, -0.05) is 39.0 Å². The third-order valence-corrected chi connectivity index (χ3v) is 3.67. The normalized spacial score (nSPS) is 13.0. The Bertz CT molecular complexity index is 644.